The standard InChI is InChI=1S/C13H19N3O5/c1-21-7-6-16-8-9(2-4-11(16)17)15-13(20)10(14)3-5-12(18)19/h2,4,8,10H,3,5-7,14H2,1H3,(H,15,20)(H,18,19). The average Bonchev–Trinajstić information content (AvgIpc) is 2.45. The second kappa shape index (κ2) is 8.18. The van der Waals surface area contributed by atoms with Crippen LogP contribution >= 0.6 is 0 Å². The molecule has 0 aromatic carbocycles. The fraction of sp³-hybridized carbons (Fsp3) is 0.462. The molecule has 0 aliphatic rings. The van der Waals surface area contributed by atoms with E-state index in [9.17, 15) is 14.4 Å². The van der Waals surface area contributed by atoms with Gasteiger partial charge in [0, 0.05) is 32.3 Å². The summed E-state index contributed by atoms with van der Waals surface area (Å²) in [5, 5.41) is 11.1. The number of nitrogens with one attached hydrogen (secondary N) is 1. The maximum Gasteiger partial charge on any atom is 0.303 e. The number of carboxylic acid groups (broad SMARTS) is 1. The SMILES string of the molecule is COCCn1cc(NC(=O)C(N)CCC(=O)O)ccc1=O. The van der Waals surface area contributed by atoms with E-state index in [1.54, 1.807) is 0 Å². The average molecular weight is 297 g/mol. The van der Waals surface area contributed by atoms with Crippen LogP contribution in [-0.2, 0) is 20.9 Å². The lowest BCUT2D eigenvalue weighted by molar-refractivity contribution is -0.137. The number of aliphatic carboxylic acids is 1. The lowest BCUT2D eigenvalue weighted by Crippen LogP contribution is -2.36. The first-order chi connectivity index (χ1) is 9.93. The van der Waals surface area contributed by atoms with Crippen LogP contribution in [0, 0.1) is 0 Å². The number of nitrogens with two attached hydrogens (primary N) is 1. The second-order valence-corrected chi connectivity index (χ2v) is 4.47. The molecule has 0 radical (unpaired) electrons. The number of amides is 1. The van der Waals surface area contributed by atoms with Crippen molar-refractivity contribution in [1.82, 2.24) is 4.57 Å². The number of hydrogen-bond acceptors (Lipinski definition) is 5. The number of ether oxygens (including phenoxy) is 1. The molecule has 1 aromatic heterocycles. The third-order valence-electron chi connectivity index (χ3n) is 2.79. The maximum atomic E-state index is 11.8. The molecule has 0 spiro atoms. The van der Waals surface area contributed by atoms with Crippen molar-refractivity contribution in [3.05, 3.63) is 28.7 Å². The van der Waals surface area contributed by atoms with E-state index in [0.717, 1.165) is 0 Å². The highest BCUT2D eigenvalue weighted by atomic mass is 16.5. The number of methoxy groups -OCH3 is 1. The number of nitrogens with zero attached hydrogens (tertiary/aromatic N) is 1. The molecule has 1 rings (SSSR count). The van der Waals surface area contributed by atoms with Gasteiger partial charge in [0.05, 0.1) is 18.3 Å². The van der Waals surface area contributed by atoms with Crippen LogP contribution in [0.15, 0.2) is 23.1 Å². The number of hydrogen-bond donors (Lipinski definition) is 3. The van der Waals surface area contributed by atoms with E-state index < -0.39 is 17.9 Å². The van der Waals surface area contributed by atoms with E-state index in [0.29, 0.717) is 18.8 Å². The first kappa shape index (κ1) is 16.9. The number of aromatic nitrogens is 1. The molecule has 0 aliphatic carbocycles. The lowest BCUT2D eigenvalue weighted by atomic mass is 10.1. The lowest BCUT2D eigenvalue weighted by Gasteiger charge is -2.12. The van der Waals surface area contributed by atoms with E-state index in [4.69, 9.17) is 15.6 Å². The topological polar surface area (TPSA) is 124 Å². The predicted molar refractivity (Wildman–Crippen MR) is 76.1 cm³/mol. The molecular weight excluding hydrogens is 278 g/mol. The van der Waals surface area contributed by atoms with Gasteiger partial charge in [0.1, 0.15) is 0 Å². The van der Waals surface area contributed by atoms with Gasteiger partial charge in [-0.25, -0.2) is 0 Å². The zero-order valence-corrected chi connectivity index (χ0v) is 11.7. The van der Waals surface area contributed by atoms with Crippen LogP contribution < -0.4 is 16.6 Å². The number of pyridine rings is 1. The van der Waals surface area contributed by atoms with Gasteiger partial charge in [-0.3, -0.25) is 14.4 Å². The summed E-state index contributed by atoms with van der Waals surface area (Å²) in [6.07, 6.45) is 1.36. The molecule has 0 fully saturated rings. The summed E-state index contributed by atoms with van der Waals surface area (Å²) in [4.78, 5) is 33.8. The van der Waals surface area contributed by atoms with Crippen LogP contribution in [0.4, 0.5) is 5.69 Å². The molecule has 8 nitrogen and oxygen atoms in total. The number of rotatable bonds is 8. The zero-order valence-electron chi connectivity index (χ0n) is 11.7. The fourth-order valence-electron chi connectivity index (χ4n) is 1.61. The van der Waals surface area contributed by atoms with Crippen LogP contribution in [0.3, 0.4) is 0 Å². The summed E-state index contributed by atoms with van der Waals surface area (Å²) in [5.74, 6) is -1.50. The maximum absolute atomic E-state index is 11.8. The molecule has 0 saturated heterocycles. The molecule has 1 heterocycles. The van der Waals surface area contributed by atoms with Crippen molar-refractivity contribution in [2.24, 2.45) is 5.73 Å². The van der Waals surface area contributed by atoms with Crippen molar-refractivity contribution in [2.45, 2.75) is 25.4 Å². The predicted octanol–water partition coefficient (Wildman–Crippen LogP) is -0.375. The summed E-state index contributed by atoms with van der Waals surface area (Å²) in [6, 6.07) is 1.88. The smallest absolute Gasteiger partial charge is 0.303 e. The van der Waals surface area contributed by atoms with E-state index in [1.807, 2.05) is 0 Å². The molecule has 1 unspecified atom stereocenters. The Labute approximate surface area is 121 Å². The van der Waals surface area contributed by atoms with Gasteiger partial charge in [0.25, 0.3) is 5.56 Å². The molecule has 116 valence electrons. The number of carbonyl (C=O) groups is 2. The van der Waals surface area contributed by atoms with Gasteiger partial charge in [-0.2, -0.15) is 0 Å². The monoisotopic (exact) mass is 297 g/mol. The Morgan fingerprint density at radius 1 is 1.48 bits per heavy atom. The molecule has 21 heavy (non-hydrogen) atoms. The number of carboxylic acids is 1. The summed E-state index contributed by atoms with van der Waals surface area (Å²) in [6.45, 7) is 0.736. The van der Waals surface area contributed by atoms with Gasteiger partial charge in [-0.1, -0.05) is 0 Å². The first-order valence-electron chi connectivity index (χ1n) is 6.41. The molecular formula is C13H19N3O5. The van der Waals surface area contributed by atoms with Crippen LogP contribution in [0.5, 0.6) is 0 Å². The van der Waals surface area contributed by atoms with Gasteiger partial charge in [0.15, 0.2) is 0 Å². The zero-order chi connectivity index (χ0) is 15.8. The molecule has 0 bridgehead atoms. The van der Waals surface area contributed by atoms with Gasteiger partial charge < -0.3 is 25.5 Å². The Bertz CT molecular complexity index is 555. The van der Waals surface area contributed by atoms with Crippen LogP contribution in [0.2, 0.25) is 0 Å². The Balaban J connectivity index is 2.67. The molecule has 1 aromatic rings. The fourth-order valence-corrected chi connectivity index (χ4v) is 1.61. The molecule has 0 aliphatic heterocycles. The summed E-state index contributed by atoms with van der Waals surface area (Å²) in [5.41, 5.74) is 5.81. The van der Waals surface area contributed by atoms with Crippen molar-refractivity contribution < 1.29 is 19.4 Å². The molecule has 1 atom stereocenters. The van der Waals surface area contributed by atoms with Crippen molar-refractivity contribution >= 4 is 17.6 Å². The summed E-state index contributed by atoms with van der Waals surface area (Å²) >= 11 is 0. The first-order valence-corrected chi connectivity index (χ1v) is 6.41. The largest absolute Gasteiger partial charge is 0.481 e. The minimum Gasteiger partial charge on any atom is -0.481 e. The number of anilines is 1. The Morgan fingerprint density at radius 2 is 2.19 bits per heavy atom. The highest BCUT2D eigenvalue weighted by Crippen LogP contribution is 2.05. The highest BCUT2D eigenvalue weighted by Gasteiger charge is 2.15. The van der Waals surface area contributed by atoms with Crippen LogP contribution in [-0.4, -0.2) is 41.3 Å². The minimum absolute atomic E-state index is 0.0461. The highest BCUT2D eigenvalue weighted by molar-refractivity contribution is 5.94. The Morgan fingerprint density at radius 3 is 2.81 bits per heavy atom. The van der Waals surface area contributed by atoms with Gasteiger partial charge in [0.2, 0.25) is 5.91 Å². The summed E-state index contributed by atoms with van der Waals surface area (Å²) in [7, 11) is 1.53. The second-order valence-electron chi connectivity index (χ2n) is 4.47. The van der Waals surface area contributed by atoms with Crippen LogP contribution in [0.25, 0.3) is 0 Å². The third-order valence-corrected chi connectivity index (χ3v) is 2.79. The molecule has 8 heteroatoms. The quantitative estimate of drug-likeness (QED) is 0.601. The third kappa shape index (κ3) is 5.76. The summed E-state index contributed by atoms with van der Waals surface area (Å²) < 4.78 is 6.30. The van der Waals surface area contributed by atoms with Gasteiger partial charge in [-0.05, 0) is 12.5 Å². The Kier molecular flexibility index (Phi) is 6.57. The molecule has 1 amide bonds. The van der Waals surface area contributed by atoms with Gasteiger partial charge in [-0.15, -0.1) is 0 Å². The van der Waals surface area contributed by atoms with Gasteiger partial charge >= 0.3 is 5.97 Å². The van der Waals surface area contributed by atoms with Crippen molar-refractivity contribution in [3.8, 4) is 0 Å². The van der Waals surface area contributed by atoms with E-state index >= 15 is 0 Å². The number of carbonyl (C=O) groups excluding carboxylic acids is 1. The molecule has 4 N–H and O–H groups in total. The Hall–Kier alpha value is -2.19. The van der Waals surface area contributed by atoms with Crippen molar-refractivity contribution in [2.75, 3.05) is 19.0 Å². The van der Waals surface area contributed by atoms with E-state index in [2.05, 4.69) is 5.32 Å². The van der Waals surface area contributed by atoms with Crippen LogP contribution in [0.1, 0.15) is 12.8 Å². The van der Waals surface area contributed by atoms with Crippen molar-refractivity contribution in [3.63, 3.8) is 0 Å². The van der Waals surface area contributed by atoms with Crippen molar-refractivity contribution in [1.29, 1.82) is 0 Å². The normalized spacial score (nSPS) is 11.9. The van der Waals surface area contributed by atoms with E-state index in [1.165, 1.54) is 30.0 Å². The minimum atomic E-state index is -1.01. The molecule has 0 saturated carbocycles. The van der Waals surface area contributed by atoms with E-state index in [-0.39, 0.29) is 18.4 Å².